The lowest BCUT2D eigenvalue weighted by atomic mass is 10.1. The molecule has 2 heterocycles. The lowest BCUT2D eigenvalue weighted by molar-refractivity contribution is 0.142. The van der Waals surface area contributed by atoms with Gasteiger partial charge in [0, 0.05) is 13.1 Å². The van der Waals surface area contributed by atoms with Crippen LogP contribution in [-0.4, -0.2) is 28.7 Å². The van der Waals surface area contributed by atoms with E-state index in [1.807, 2.05) is 11.0 Å². The largest absolute Gasteiger partial charge is 0.389 e. The number of hydrogen-bond donors (Lipinski definition) is 1. The highest BCUT2D eigenvalue weighted by atomic mass is 35.5. The molecule has 0 unspecified atom stereocenters. The van der Waals surface area contributed by atoms with Crippen LogP contribution in [0.15, 0.2) is 0 Å². The fourth-order valence-electron chi connectivity index (χ4n) is 1.25. The van der Waals surface area contributed by atoms with Gasteiger partial charge in [0.25, 0.3) is 0 Å². The summed E-state index contributed by atoms with van der Waals surface area (Å²) in [5.41, 5.74) is 0.666. The molecule has 1 aromatic rings. The summed E-state index contributed by atoms with van der Waals surface area (Å²) in [7, 11) is 0. The number of aliphatic hydroxyl groups is 1. The van der Waals surface area contributed by atoms with Gasteiger partial charge in [-0.3, -0.25) is 0 Å². The van der Waals surface area contributed by atoms with E-state index in [-0.39, 0.29) is 6.10 Å². The summed E-state index contributed by atoms with van der Waals surface area (Å²) in [5, 5.41) is 18.2. The number of hydrogen-bond acceptors (Lipinski definition) is 5. The Morgan fingerprint density at radius 3 is 2.92 bits per heavy atom. The predicted octanol–water partition coefficient (Wildman–Crippen LogP) is 0.849. The highest BCUT2D eigenvalue weighted by molar-refractivity contribution is 7.07. The molecule has 6 heteroatoms. The molecule has 0 spiro atoms. The van der Waals surface area contributed by atoms with Crippen LogP contribution in [-0.2, 0) is 0 Å². The molecule has 0 amide bonds. The van der Waals surface area contributed by atoms with Crippen molar-refractivity contribution in [1.82, 2.24) is 4.37 Å². The van der Waals surface area contributed by atoms with E-state index >= 15 is 0 Å². The van der Waals surface area contributed by atoms with Gasteiger partial charge >= 0.3 is 0 Å². The molecular weight excluding hydrogens is 210 g/mol. The smallest absolute Gasteiger partial charge is 0.167 e. The number of aromatic nitrogens is 1. The Hall–Kier alpha value is -0.830. The minimum Gasteiger partial charge on any atom is -0.389 e. The molecule has 1 aliphatic rings. The van der Waals surface area contributed by atoms with E-state index < -0.39 is 0 Å². The van der Waals surface area contributed by atoms with Crippen LogP contribution in [0.3, 0.4) is 0 Å². The van der Waals surface area contributed by atoms with E-state index in [1.54, 1.807) is 0 Å². The Morgan fingerprint density at radius 2 is 2.38 bits per heavy atom. The van der Waals surface area contributed by atoms with Crippen molar-refractivity contribution >= 4 is 28.8 Å². The summed E-state index contributed by atoms with van der Waals surface area (Å²) in [5.74, 6) is 0. The van der Waals surface area contributed by atoms with Crippen LogP contribution in [0.5, 0.6) is 0 Å². The number of β-amino-alcohol motifs (C(OH)–C–C–N with tert-alkyl or cyclic N) is 1. The average molecular weight is 216 g/mol. The maximum absolute atomic E-state index is 9.09. The molecule has 1 aromatic heterocycles. The minimum atomic E-state index is -0.303. The lowest BCUT2D eigenvalue weighted by Crippen LogP contribution is -2.51. The maximum atomic E-state index is 9.09. The molecule has 1 fully saturated rings. The molecular formula is C7H6ClN3OS. The van der Waals surface area contributed by atoms with Crippen LogP contribution in [0.1, 0.15) is 4.88 Å². The van der Waals surface area contributed by atoms with Crippen LogP contribution in [0.2, 0.25) is 5.15 Å². The van der Waals surface area contributed by atoms with Gasteiger partial charge in [-0.1, -0.05) is 11.6 Å². The first-order valence-corrected chi connectivity index (χ1v) is 4.86. The second kappa shape index (κ2) is 3.14. The molecule has 0 bridgehead atoms. The maximum Gasteiger partial charge on any atom is 0.167 e. The second-order valence-corrected chi connectivity index (χ2v) is 3.95. The summed E-state index contributed by atoms with van der Waals surface area (Å²) in [4.78, 5) is 2.37. The van der Waals surface area contributed by atoms with Crippen molar-refractivity contribution in [3.8, 4) is 6.07 Å². The van der Waals surface area contributed by atoms with Gasteiger partial charge in [-0.25, -0.2) is 0 Å². The van der Waals surface area contributed by atoms with Crippen molar-refractivity contribution in [2.45, 2.75) is 6.10 Å². The van der Waals surface area contributed by atoms with Crippen LogP contribution < -0.4 is 4.90 Å². The normalized spacial score (nSPS) is 16.8. The number of rotatable bonds is 1. The van der Waals surface area contributed by atoms with Gasteiger partial charge in [-0.15, -0.1) is 0 Å². The number of nitrogens with zero attached hydrogens (tertiary/aromatic N) is 3. The van der Waals surface area contributed by atoms with Gasteiger partial charge < -0.3 is 10.0 Å². The Labute approximate surface area is 84.1 Å². The van der Waals surface area contributed by atoms with E-state index in [0.29, 0.717) is 28.8 Å². The Bertz CT molecular complexity index is 366. The summed E-state index contributed by atoms with van der Waals surface area (Å²) in [6.07, 6.45) is -0.303. The molecule has 0 atom stereocenters. The molecule has 1 N–H and O–H groups in total. The standard InChI is InChI=1S/C7H6ClN3OS/c8-7-6(5(1-9)13-10-7)11-2-4(12)3-11/h4,12H,2-3H2. The molecule has 0 saturated carbocycles. The van der Waals surface area contributed by atoms with Crippen molar-refractivity contribution < 1.29 is 5.11 Å². The summed E-state index contributed by atoms with van der Waals surface area (Å²) < 4.78 is 3.88. The van der Waals surface area contributed by atoms with Gasteiger partial charge in [0.05, 0.1) is 6.10 Å². The molecule has 0 radical (unpaired) electrons. The summed E-state index contributed by atoms with van der Waals surface area (Å²) in [6.45, 7) is 1.07. The van der Waals surface area contributed by atoms with Gasteiger partial charge in [0.1, 0.15) is 16.6 Å². The first-order chi connectivity index (χ1) is 6.22. The van der Waals surface area contributed by atoms with Crippen molar-refractivity contribution in [2.75, 3.05) is 18.0 Å². The molecule has 1 aliphatic heterocycles. The van der Waals surface area contributed by atoms with Crippen LogP contribution in [0.25, 0.3) is 0 Å². The predicted molar refractivity (Wildman–Crippen MR) is 50.1 cm³/mol. The third-order valence-corrected chi connectivity index (χ3v) is 3.01. The van der Waals surface area contributed by atoms with Gasteiger partial charge in [0.15, 0.2) is 5.15 Å². The van der Waals surface area contributed by atoms with Gasteiger partial charge in [-0.2, -0.15) is 9.64 Å². The highest BCUT2D eigenvalue weighted by Crippen LogP contribution is 2.34. The monoisotopic (exact) mass is 215 g/mol. The van der Waals surface area contributed by atoms with E-state index in [2.05, 4.69) is 4.37 Å². The topological polar surface area (TPSA) is 60.2 Å². The zero-order valence-corrected chi connectivity index (χ0v) is 8.14. The molecule has 2 rings (SSSR count). The highest BCUT2D eigenvalue weighted by Gasteiger charge is 2.29. The third kappa shape index (κ3) is 1.37. The fraction of sp³-hybridized carbons (Fsp3) is 0.429. The lowest BCUT2D eigenvalue weighted by Gasteiger charge is -2.37. The Kier molecular flexibility index (Phi) is 2.12. The first kappa shape index (κ1) is 8.75. The number of anilines is 1. The quantitative estimate of drug-likeness (QED) is 0.755. The number of nitriles is 1. The molecule has 68 valence electrons. The van der Waals surface area contributed by atoms with Crippen LogP contribution >= 0.6 is 23.1 Å². The van der Waals surface area contributed by atoms with Crippen molar-refractivity contribution in [2.24, 2.45) is 0 Å². The molecule has 0 aromatic carbocycles. The summed E-state index contributed by atoms with van der Waals surface area (Å²) in [6, 6.07) is 2.03. The van der Waals surface area contributed by atoms with E-state index in [0.717, 1.165) is 11.5 Å². The zero-order valence-electron chi connectivity index (χ0n) is 6.57. The average Bonchev–Trinajstić information content (AvgIpc) is 2.41. The fourth-order valence-corrected chi connectivity index (χ4v) is 2.24. The second-order valence-electron chi connectivity index (χ2n) is 2.82. The Balaban J connectivity index is 2.29. The van der Waals surface area contributed by atoms with Crippen LogP contribution in [0.4, 0.5) is 5.69 Å². The van der Waals surface area contributed by atoms with Crippen molar-refractivity contribution in [3.63, 3.8) is 0 Å². The SMILES string of the molecule is N#Cc1snc(Cl)c1N1CC(O)C1. The van der Waals surface area contributed by atoms with E-state index in [9.17, 15) is 0 Å². The third-order valence-electron chi connectivity index (χ3n) is 1.91. The van der Waals surface area contributed by atoms with Crippen molar-refractivity contribution in [3.05, 3.63) is 10.0 Å². The zero-order chi connectivity index (χ0) is 9.42. The van der Waals surface area contributed by atoms with Crippen molar-refractivity contribution in [1.29, 1.82) is 5.26 Å². The number of halogens is 1. The van der Waals surface area contributed by atoms with Crippen LogP contribution in [0, 0.1) is 11.3 Å². The van der Waals surface area contributed by atoms with E-state index in [4.69, 9.17) is 22.0 Å². The van der Waals surface area contributed by atoms with E-state index in [1.165, 1.54) is 0 Å². The van der Waals surface area contributed by atoms with Gasteiger partial charge in [-0.05, 0) is 11.5 Å². The minimum absolute atomic E-state index is 0.303. The molecule has 1 saturated heterocycles. The first-order valence-electron chi connectivity index (χ1n) is 3.70. The molecule has 4 nitrogen and oxygen atoms in total. The van der Waals surface area contributed by atoms with Gasteiger partial charge in [0.2, 0.25) is 0 Å². The molecule has 13 heavy (non-hydrogen) atoms. The molecule has 0 aliphatic carbocycles. The number of aliphatic hydroxyl groups excluding tert-OH is 1. The Morgan fingerprint density at radius 1 is 1.69 bits per heavy atom. The summed E-state index contributed by atoms with van der Waals surface area (Å²) >= 11 is 6.89.